The zero-order valence-electron chi connectivity index (χ0n) is 9.75. The predicted octanol–water partition coefficient (Wildman–Crippen LogP) is -0.162. The number of rotatable bonds is 6. The third-order valence-corrected chi connectivity index (χ3v) is 2.06. The first kappa shape index (κ1) is 13.9. The van der Waals surface area contributed by atoms with Gasteiger partial charge in [0.15, 0.2) is 0 Å². The Morgan fingerprint density at radius 3 is 2.20 bits per heavy atom. The highest BCUT2D eigenvalue weighted by Gasteiger charge is 2.17. The standard InChI is InChI=1S/C10H21N3O2/c1-4-13(7-8(11)14)9(15)5-6-10(2,3)12/h4-7,12H2,1-3H3,(H2,11,14). The average molecular weight is 215 g/mol. The molecule has 0 aromatic rings. The van der Waals surface area contributed by atoms with Crippen LogP contribution in [0.2, 0.25) is 0 Å². The second-order valence-electron chi connectivity index (χ2n) is 4.36. The first-order valence-electron chi connectivity index (χ1n) is 5.11. The molecule has 0 unspecified atom stereocenters. The van der Waals surface area contributed by atoms with Crippen molar-refractivity contribution >= 4 is 11.8 Å². The Morgan fingerprint density at radius 2 is 1.87 bits per heavy atom. The molecule has 15 heavy (non-hydrogen) atoms. The molecule has 0 saturated carbocycles. The fraction of sp³-hybridized carbons (Fsp3) is 0.800. The summed E-state index contributed by atoms with van der Waals surface area (Å²) in [6, 6.07) is 0. The first-order chi connectivity index (χ1) is 6.76. The van der Waals surface area contributed by atoms with Gasteiger partial charge in [-0.05, 0) is 27.2 Å². The number of nitrogens with zero attached hydrogens (tertiary/aromatic N) is 1. The molecule has 0 aliphatic rings. The number of amides is 2. The Balaban J connectivity index is 4.11. The van der Waals surface area contributed by atoms with E-state index in [0.29, 0.717) is 19.4 Å². The van der Waals surface area contributed by atoms with E-state index in [-0.39, 0.29) is 18.0 Å². The summed E-state index contributed by atoms with van der Waals surface area (Å²) in [5, 5.41) is 0. The fourth-order valence-electron chi connectivity index (χ4n) is 1.15. The van der Waals surface area contributed by atoms with Gasteiger partial charge >= 0.3 is 0 Å². The summed E-state index contributed by atoms with van der Waals surface area (Å²) >= 11 is 0. The zero-order chi connectivity index (χ0) is 12.1. The maximum absolute atomic E-state index is 11.6. The minimum Gasteiger partial charge on any atom is -0.368 e. The van der Waals surface area contributed by atoms with E-state index in [1.165, 1.54) is 4.90 Å². The molecule has 0 radical (unpaired) electrons. The average Bonchev–Trinajstić information content (AvgIpc) is 2.08. The van der Waals surface area contributed by atoms with Gasteiger partial charge in [-0.2, -0.15) is 0 Å². The van der Waals surface area contributed by atoms with Crippen molar-refractivity contribution in [2.75, 3.05) is 13.1 Å². The second kappa shape index (κ2) is 5.70. The fourth-order valence-corrected chi connectivity index (χ4v) is 1.15. The Kier molecular flexibility index (Phi) is 5.28. The molecule has 88 valence electrons. The van der Waals surface area contributed by atoms with Crippen molar-refractivity contribution in [3.63, 3.8) is 0 Å². The van der Waals surface area contributed by atoms with Gasteiger partial charge in [-0.15, -0.1) is 0 Å². The lowest BCUT2D eigenvalue weighted by molar-refractivity contribution is -0.135. The summed E-state index contributed by atoms with van der Waals surface area (Å²) in [5.41, 5.74) is 10.4. The van der Waals surface area contributed by atoms with Crippen molar-refractivity contribution in [3.05, 3.63) is 0 Å². The van der Waals surface area contributed by atoms with Gasteiger partial charge < -0.3 is 16.4 Å². The molecular formula is C10H21N3O2. The minimum absolute atomic E-state index is 0.0136. The minimum atomic E-state index is -0.489. The predicted molar refractivity (Wildman–Crippen MR) is 58.9 cm³/mol. The van der Waals surface area contributed by atoms with Crippen molar-refractivity contribution in [2.45, 2.75) is 39.2 Å². The highest BCUT2D eigenvalue weighted by atomic mass is 16.2. The molecule has 0 aromatic carbocycles. The summed E-state index contributed by atoms with van der Waals surface area (Å²) in [6.45, 7) is 6.02. The van der Waals surface area contributed by atoms with Crippen LogP contribution >= 0.6 is 0 Å². The molecule has 0 spiro atoms. The van der Waals surface area contributed by atoms with Gasteiger partial charge in [-0.25, -0.2) is 0 Å². The lowest BCUT2D eigenvalue weighted by atomic mass is 10.00. The normalized spacial score (nSPS) is 11.2. The third-order valence-electron chi connectivity index (χ3n) is 2.06. The molecule has 0 aliphatic heterocycles. The molecule has 0 fully saturated rings. The largest absolute Gasteiger partial charge is 0.368 e. The van der Waals surface area contributed by atoms with Gasteiger partial charge in [-0.3, -0.25) is 9.59 Å². The molecule has 0 atom stereocenters. The van der Waals surface area contributed by atoms with Crippen LogP contribution < -0.4 is 11.5 Å². The summed E-state index contributed by atoms with van der Waals surface area (Å²) in [6.07, 6.45) is 0.950. The molecule has 0 heterocycles. The number of primary amides is 1. The topological polar surface area (TPSA) is 89.4 Å². The summed E-state index contributed by atoms with van der Waals surface area (Å²) in [4.78, 5) is 23.7. The summed E-state index contributed by atoms with van der Waals surface area (Å²) in [5.74, 6) is -0.563. The first-order valence-corrected chi connectivity index (χ1v) is 5.11. The summed E-state index contributed by atoms with van der Waals surface area (Å²) < 4.78 is 0. The van der Waals surface area contributed by atoms with E-state index in [0.717, 1.165) is 0 Å². The van der Waals surface area contributed by atoms with Gasteiger partial charge in [0.05, 0.1) is 6.54 Å². The van der Waals surface area contributed by atoms with Crippen molar-refractivity contribution in [3.8, 4) is 0 Å². The highest BCUT2D eigenvalue weighted by Crippen LogP contribution is 2.08. The van der Waals surface area contributed by atoms with Crippen LogP contribution in [0.3, 0.4) is 0 Å². The molecule has 0 aromatic heterocycles. The third kappa shape index (κ3) is 6.90. The van der Waals surface area contributed by atoms with E-state index in [1.54, 1.807) is 0 Å². The number of carbonyl (C=O) groups is 2. The number of likely N-dealkylation sites (N-methyl/N-ethyl adjacent to an activating group) is 1. The van der Waals surface area contributed by atoms with E-state index < -0.39 is 5.91 Å². The molecule has 0 saturated heterocycles. The lowest BCUT2D eigenvalue weighted by Gasteiger charge is -2.22. The highest BCUT2D eigenvalue weighted by molar-refractivity contribution is 5.83. The van der Waals surface area contributed by atoms with Gasteiger partial charge in [0.1, 0.15) is 0 Å². The summed E-state index contributed by atoms with van der Waals surface area (Å²) in [7, 11) is 0. The SMILES string of the molecule is CCN(CC(N)=O)C(=O)CCC(C)(C)N. The number of nitrogens with two attached hydrogens (primary N) is 2. The van der Waals surface area contributed by atoms with Gasteiger partial charge in [-0.1, -0.05) is 0 Å². The zero-order valence-corrected chi connectivity index (χ0v) is 9.75. The van der Waals surface area contributed by atoms with Gasteiger partial charge in [0.2, 0.25) is 11.8 Å². The maximum atomic E-state index is 11.6. The molecule has 0 aliphatic carbocycles. The molecular weight excluding hydrogens is 194 g/mol. The molecule has 0 bridgehead atoms. The Labute approximate surface area is 90.8 Å². The lowest BCUT2D eigenvalue weighted by Crippen LogP contribution is -2.40. The van der Waals surface area contributed by atoms with E-state index in [2.05, 4.69) is 0 Å². The van der Waals surface area contributed by atoms with Gasteiger partial charge in [0.25, 0.3) is 0 Å². The Bertz CT molecular complexity index is 233. The van der Waals surface area contributed by atoms with Crippen LogP contribution in [-0.4, -0.2) is 35.3 Å². The molecule has 5 heteroatoms. The van der Waals surface area contributed by atoms with Crippen LogP contribution in [0.4, 0.5) is 0 Å². The Hall–Kier alpha value is -1.10. The van der Waals surface area contributed by atoms with Crippen molar-refractivity contribution in [2.24, 2.45) is 11.5 Å². The van der Waals surface area contributed by atoms with E-state index >= 15 is 0 Å². The van der Waals surface area contributed by atoms with Crippen molar-refractivity contribution in [1.29, 1.82) is 0 Å². The van der Waals surface area contributed by atoms with Crippen LogP contribution in [0, 0.1) is 0 Å². The van der Waals surface area contributed by atoms with Crippen LogP contribution in [-0.2, 0) is 9.59 Å². The van der Waals surface area contributed by atoms with Crippen molar-refractivity contribution in [1.82, 2.24) is 4.90 Å². The van der Waals surface area contributed by atoms with E-state index in [4.69, 9.17) is 11.5 Å². The number of hydrogen-bond acceptors (Lipinski definition) is 3. The quantitative estimate of drug-likeness (QED) is 0.645. The van der Waals surface area contributed by atoms with Crippen LogP contribution in [0.1, 0.15) is 33.6 Å². The van der Waals surface area contributed by atoms with Gasteiger partial charge in [0, 0.05) is 18.5 Å². The van der Waals surface area contributed by atoms with E-state index in [1.807, 2.05) is 20.8 Å². The molecule has 2 amide bonds. The monoisotopic (exact) mass is 215 g/mol. The van der Waals surface area contributed by atoms with E-state index in [9.17, 15) is 9.59 Å². The number of hydrogen-bond donors (Lipinski definition) is 2. The Morgan fingerprint density at radius 1 is 1.33 bits per heavy atom. The van der Waals surface area contributed by atoms with Crippen molar-refractivity contribution < 1.29 is 9.59 Å². The number of carbonyl (C=O) groups excluding carboxylic acids is 2. The maximum Gasteiger partial charge on any atom is 0.237 e. The van der Waals surface area contributed by atoms with Crippen LogP contribution in [0.5, 0.6) is 0 Å². The molecule has 5 nitrogen and oxygen atoms in total. The van der Waals surface area contributed by atoms with Crippen LogP contribution in [0.25, 0.3) is 0 Å². The smallest absolute Gasteiger partial charge is 0.237 e. The molecule has 0 rings (SSSR count). The second-order valence-corrected chi connectivity index (χ2v) is 4.36. The molecule has 4 N–H and O–H groups in total. The van der Waals surface area contributed by atoms with Crippen LogP contribution in [0.15, 0.2) is 0 Å².